The van der Waals surface area contributed by atoms with Gasteiger partial charge in [0.1, 0.15) is 0 Å². The van der Waals surface area contributed by atoms with Crippen molar-refractivity contribution in [2.75, 3.05) is 13.1 Å². The molecule has 0 spiro atoms. The smallest absolute Gasteiger partial charge is 0.481 e. The zero-order valence-corrected chi connectivity index (χ0v) is 15.5. The molecule has 1 aromatic heterocycles. The Balaban J connectivity index is 0.000000298. The van der Waals surface area contributed by atoms with E-state index in [2.05, 4.69) is 10.4 Å². The highest BCUT2D eigenvalue weighted by Crippen LogP contribution is 2.67. The first-order valence-corrected chi connectivity index (χ1v) is 9.04. The summed E-state index contributed by atoms with van der Waals surface area (Å²) in [6.45, 7) is 3.38. The Morgan fingerprint density at radius 1 is 1.28 bits per heavy atom. The summed E-state index contributed by atoms with van der Waals surface area (Å²) in [6, 6.07) is 0.205. The van der Waals surface area contributed by atoms with Gasteiger partial charge in [0.15, 0.2) is 0 Å². The lowest BCUT2D eigenvalue weighted by molar-refractivity contribution is -0.192. The van der Waals surface area contributed by atoms with E-state index < -0.39 is 23.5 Å². The average Bonchev–Trinajstić information content (AvgIpc) is 2.98. The highest BCUT2D eigenvalue weighted by Gasteiger charge is 2.72. The normalized spacial score (nSPS) is 29.8. The van der Waals surface area contributed by atoms with Crippen LogP contribution in [0.2, 0.25) is 0 Å². The number of carboxylic acids is 2. The number of urea groups is 1. The molecule has 0 aromatic carbocycles. The van der Waals surface area contributed by atoms with Gasteiger partial charge in [0.05, 0.1) is 17.7 Å². The first kappa shape index (κ1) is 20.9. The largest absolute Gasteiger partial charge is 0.490 e. The highest BCUT2D eigenvalue weighted by molar-refractivity contribution is 5.82. The van der Waals surface area contributed by atoms with Crippen molar-refractivity contribution in [2.45, 2.75) is 44.4 Å². The number of carboxylic acid groups (broad SMARTS) is 2. The van der Waals surface area contributed by atoms with Crippen molar-refractivity contribution >= 4 is 18.0 Å². The van der Waals surface area contributed by atoms with Crippen molar-refractivity contribution < 1.29 is 37.8 Å². The third-order valence-electron chi connectivity index (χ3n) is 5.74. The van der Waals surface area contributed by atoms with Crippen molar-refractivity contribution in [1.29, 1.82) is 0 Å². The van der Waals surface area contributed by atoms with Gasteiger partial charge in [-0.25, -0.2) is 9.59 Å². The maximum absolute atomic E-state index is 12.3. The number of rotatable bonds is 3. The first-order valence-electron chi connectivity index (χ1n) is 9.04. The fourth-order valence-electron chi connectivity index (χ4n) is 3.98. The molecule has 4 atom stereocenters. The topological polar surface area (TPSA) is 125 Å². The van der Waals surface area contributed by atoms with Crippen LogP contribution in [0.4, 0.5) is 18.0 Å². The van der Waals surface area contributed by atoms with Crippen LogP contribution < -0.4 is 5.32 Å². The zero-order valence-electron chi connectivity index (χ0n) is 15.5. The lowest BCUT2D eigenvalue weighted by atomic mass is 9.80. The van der Waals surface area contributed by atoms with E-state index in [4.69, 9.17) is 15.0 Å². The van der Waals surface area contributed by atoms with E-state index in [-0.39, 0.29) is 24.0 Å². The molecule has 2 aliphatic carbocycles. The molecule has 4 rings (SSSR count). The summed E-state index contributed by atoms with van der Waals surface area (Å²) in [4.78, 5) is 34.1. The number of alkyl halides is 3. The van der Waals surface area contributed by atoms with Gasteiger partial charge in [-0.1, -0.05) is 0 Å². The van der Waals surface area contributed by atoms with Gasteiger partial charge >= 0.3 is 24.1 Å². The van der Waals surface area contributed by atoms with E-state index in [0.29, 0.717) is 19.4 Å². The van der Waals surface area contributed by atoms with Gasteiger partial charge in [0, 0.05) is 25.3 Å². The Kier molecular flexibility index (Phi) is 5.22. The minimum absolute atomic E-state index is 0.0367. The number of aliphatic carboxylic acids is 2. The minimum Gasteiger partial charge on any atom is -0.481 e. The predicted octanol–water partition coefficient (Wildman–Crippen LogP) is 1.64. The quantitative estimate of drug-likeness (QED) is 0.686. The summed E-state index contributed by atoms with van der Waals surface area (Å²) >= 11 is 0. The molecule has 0 radical (unpaired) electrons. The molecule has 29 heavy (non-hydrogen) atoms. The molecule has 1 aromatic rings. The molecule has 2 saturated carbocycles. The number of hydrogen-bond acceptors (Lipinski definition) is 4. The number of amides is 2. The van der Waals surface area contributed by atoms with Gasteiger partial charge in [-0.3, -0.25) is 9.48 Å². The molecule has 9 nitrogen and oxygen atoms in total. The molecule has 3 fully saturated rings. The molecule has 3 aliphatic rings. The maximum atomic E-state index is 12.3. The van der Waals surface area contributed by atoms with Gasteiger partial charge in [-0.15, -0.1) is 0 Å². The third-order valence-corrected chi connectivity index (χ3v) is 5.74. The summed E-state index contributed by atoms with van der Waals surface area (Å²) in [6.07, 6.45) is 0.942. The number of aromatic nitrogens is 2. The maximum Gasteiger partial charge on any atom is 0.490 e. The number of carbonyl (C=O) groups excluding carboxylic acids is 1. The Labute approximate surface area is 163 Å². The van der Waals surface area contributed by atoms with Crippen LogP contribution >= 0.6 is 0 Å². The van der Waals surface area contributed by atoms with Crippen molar-refractivity contribution in [3.8, 4) is 0 Å². The van der Waals surface area contributed by atoms with E-state index in [1.54, 1.807) is 0 Å². The van der Waals surface area contributed by atoms with Crippen LogP contribution in [0.15, 0.2) is 12.4 Å². The van der Waals surface area contributed by atoms with Crippen LogP contribution in [0.5, 0.6) is 0 Å². The standard InChI is InChI=1S/C15H20N4O3.C2HF3O2/c1-9-6-16-19(7-9)10-2-3-18(8-10)14(22)17-12-5-15(13(20)21)4-11(12)15;3-2(4,5)1(6)7/h6-7,10-12H,2-5,8H2,1H3,(H,17,22)(H,20,21);(H,6,7)/t10?,11-,12-,15-;/m1./s1. The Morgan fingerprint density at radius 3 is 2.38 bits per heavy atom. The number of aryl methyl sites for hydroxylation is 1. The first-order chi connectivity index (χ1) is 13.4. The van der Waals surface area contributed by atoms with E-state index in [1.165, 1.54) is 0 Å². The average molecular weight is 418 g/mol. The summed E-state index contributed by atoms with van der Waals surface area (Å²) < 4.78 is 33.7. The summed E-state index contributed by atoms with van der Waals surface area (Å²) in [5.74, 6) is -3.33. The van der Waals surface area contributed by atoms with Crippen molar-refractivity contribution in [1.82, 2.24) is 20.0 Å². The van der Waals surface area contributed by atoms with Gasteiger partial charge in [0.25, 0.3) is 0 Å². The molecule has 1 aliphatic heterocycles. The fraction of sp³-hybridized carbons (Fsp3) is 0.647. The highest BCUT2D eigenvalue weighted by atomic mass is 19.4. The zero-order chi connectivity index (χ0) is 21.6. The summed E-state index contributed by atoms with van der Waals surface area (Å²) in [5, 5.41) is 23.6. The number of halogens is 3. The lowest BCUT2D eigenvalue weighted by Crippen LogP contribution is -2.52. The van der Waals surface area contributed by atoms with Crippen LogP contribution in [0, 0.1) is 18.3 Å². The Hall–Kier alpha value is -2.79. The van der Waals surface area contributed by atoms with Gasteiger partial charge in [-0.05, 0) is 37.7 Å². The predicted molar refractivity (Wildman–Crippen MR) is 91.0 cm³/mol. The minimum atomic E-state index is -5.08. The van der Waals surface area contributed by atoms with Crippen LogP contribution in [0.3, 0.4) is 0 Å². The van der Waals surface area contributed by atoms with Gasteiger partial charge in [-0.2, -0.15) is 18.3 Å². The molecular formula is C17H21F3N4O5. The van der Waals surface area contributed by atoms with E-state index in [0.717, 1.165) is 18.5 Å². The lowest BCUT2D eigenvalue weighted by Gasteiger charge is -2.33. The number of carbonyl (C=O) groups is 3. The molecular weight excluding hydrogens is 397 g/mol. The molecule has 3 N–H and O–H groups in total. The van der Waals surface area contributed by atoms with Crippen LogP contribution in [0.25, 0.3) is 0 Å². The summed E-state index contributed by atoms with van der Waals surface area (Å²) in [7, 11) is 0. The molecule has 1 unspecified atom stereocenters. The second-order valence-electron chi connectivity index (χ2n) is 7.72. The molecule has 0 bridgehead atoms. The van der Waals surface area contributed by atoms with E-state index >= 15 is 0 Å². The number of hydrogen-bond donors (Lipinski definition) is 3. The number of nitrogens with zero attached hydrogens (tertiary/aromatic N) is 3. The van der Waals surface area contributed by atoms with E-state index in [9.17, 15) is 22.8 Å². The Morgan fingerprint density at radius 2 is 1.93 bits per heavy atom. The monoisotopic (exact) mass is 418 g/mol. The molecule has 2 amide bonds. The van der Waals surface area contributed by atoms with E-state index in [1.807, 2.05) is 28.9 Å². The van der Waals surface area contributed by atoms with Crippen molar-refractivity contribution in [3.63, 3.8) is 0 Å². The van der Waals surface area contributed by atoms with Crippen LogP contribution in [-0.2, 0) is 9.59 Å². The van der Waals surface area contributed by atoms with Gasteiger partial charge in [0.2, 0.25) is 0 Å². The SMILES string of the molecule is Cc1cnn(C2CCN(C(=O)N[C@@H]3C[C@]4(C(=O)O)C[C@H]34)C2)c1.O=C(O)C(F)(F)F. The second kappa shape index (κ2) is 7.23. The second-order valence-corrected chi connectivity index (χ2v) is 7.72. The molecule has 1 saturated heterocycles. The van der Waals surface area contributed by atoms with Crippen molar-refractivity contribution in [3.05, 3.63) is 18.0 Å². The number of nitrogens with one attached hydrogen (secondary N) is 1. The summed E-state index contributed by atoms with van der Waals surface area (Å²) in [5.41, 5.74) is 0.606. The van der Waals surface area contributed by atoms with Crippen molar-refractivity contribution in [2.24, 2.45) is 11.3 Å². The Bertz CT molecular complexity index is 826. The molecule has 12 heteroatoms. The van der Waals surface area contributed by atoms with Crippen LogP contribution in [0.1, 0.15) is 30.9 Å². The molecule has 160 valence electrons. The third kappa shape index (κ3) is 4.15. The number of fused-ring (bicyclic) bond motifs is 1. The number of likely N-dealkylation sites (tertiary alicyclic amines) is 1. The van der Waals surface area contributed by atoms with Crippen LogP contribution in [-0.4, -0.2) is 68.2 Å². The fourth-order valence-corrected chi connectivity index (χ4v) is 3.98. The molecule has 2 heterocycles. The van der Waals surface area contributed by atoms with Gasteiger partial charge < -0.3 is 20.4 Å².